The summed E-state index contributed by atoms with van der Waals surface area (Å²) in [6.45, 7) is 3.13. The van der Waals surface area contributed by atoms with Crippen molar-refractivity contribution in [2.75, 3.05) is 0 Å². The highest BCUT2D eigenvalue weighted by Gasteiger charge is 2.34. The van der Waals surface area contributed by atoms with Gasteiger partial charge in [0.05, 0.1) is 6.26 Å². The predicted octanol–water partition coefficient (Wildman–Crippen LogP) is 1.08. The van der Waals surface area contributed by atoms with Gasteiger partial charge in [-0.25, -0.2) is 0 Å². The summed E-state index contributed by atoms with van der Waals surface area (Å²) >= 11 is 0. The Bertz CT molecular complexity index is 334. The van der Waals surface area contributed by atoms with E-state index in [1.54, 1.807) is 13.8 Å². The molecule has 0 saturated carbocycles. The van der Waals surface area contributed by atoms with Crippen LogP contribution in [0.25, 0.3) is 0 Å². The molecule has 0 aromatic rings. The third-order valence-electron chi connectivity index (χ3n) is 1.56. The lowest BCUT2D eigenvalue weighted by Gasteiger charge is -2.27. The van der Waals surface area contributed by atoms with Gasteiger partial charge in [0.1, 0.15) is 10.5 Å². The van der Waals surface area contributed by atoms with E-state index in [1.165, 1.54) is 18.4 Å². The molecular formula is C7H10O4S. The summed E-state index contributed by atoms with van der Waals surface area (Å²) in [5.74, 6) is 0. The molecule has 0 aromatic carbocycles. The maximum Gasteiger partial charge on any atom is 0.294 e. The van der Waals surface area contributed by atoms with Gasteiger partial charge in [0.25, 0.3) is 10.1 Å². The molecule has 1 aliphatic heterocycles. The van der Waals surface area contributed by atoms with Crippen molar-refractivity contribution >= 4 is 10.1 Å². The highest BCUT2D eigenvalue weighted by Crippen LogP contribution is 2.27. The van der Waals surface area contributed by atoms with Crippen molar-refractivity contribution in [3.8, 4) is 0 Å². The van der Waals surface area contributed by atoms with Gasteiger partial charge in [0.15, 0.2) is 0 Å². The van der Waals surface area contributed by atoms with Crippen LogP contribution in [-0.2, 0) is 14.9 Å². The molecule has 0 spiro atoms. The normalized spacial score (nSPS) is 21.4. The zero-order valence-corrected chi connectivity index (χ0v) is 7.63. The van der Waals surface area contributed by atoms with Gasteiger partial charge in [0, 0.05) is 0 Å². The van der Waals surface area contributed by atoms with E-state index in [4.69, 9.17) is 9.29 Å². The number of rotatable bonds is 1. The minimum atomic E-state index is -4.15. The fourth-order valence-corrected chi connectivity index (χ4v) is 1.91. The van der Waals surface area contributed by atoms with Gasteiger partial charge in [0.2, 0.25) is 0 Å². The molecule has 0 fully saturated rings. The second-order valence-electron chi connectivity index (χ2n) is 2.96. The molecule has 0 radical (unpaired) electrons. The summed E-state index contributed by atoms with van der Waals surface area (Å²) < 4.78 is 35.3. The Morgan fingerprint density at radius 1 is 1.50 bits per heavy atom. The molecule has 12 heavy (non-hydrogen) atoms. The van der Waals surface area contributed by atoms with Crippen LogP contribution in [0, 0.1) is 0 Å². The smallest absolute Gasteiger partial charge is 0.294 e. The van der Waals surface area contributed by atoms with Crippen molar-refractivity contribution in [3.63, 3.8) is 0 Å². The van der Waals surface area contributed by atoms with Crippen LogP contribution in [-0.4, -0.2) is 18.6 Å². The highest BCUT2D eigenvalue weighted by atomic mass is 32.2. The van der Waals surface area contributed by atoms with Gasteiger partial charge in [-0.1, -0.05) is 0 Å². The molecule has 0 bridgehead atoms. The second-order valence-corrected chi connectivity index (χ2v) is 4.35. The Morgan fingerprint density at radius 3 is 2.42 bits per heavy atom. The monoisotopic (exact) mass is 190 g/mol. The van der Waals surface area contributed by atoms with E-state index in [0.717, 1.165) is 0 Å². The lowest BCUT2D eigenvalue weighted by atomic mass is 10.1. The van der Waals surface area contributed by atoms with E-state index in [0.29, 0.717) is 0 Å². The van der Waals surface area contributed by atoms with Crippen LogP contribution in [0.3, 0.4) is 0 Å². The molecule has 1 N–H and O–H groups in total. The molecule has 4 nitrogen and oxygen atoms in total. The van der Waals surface area contributed by atoms with Gasteiger partial charge in [-0.15, -0.1) is 0 Å². The fraction of sp³-hybridized carbons (Fsp3) is 0.429. The van der Waals surface area contributed by atoms with Crippen molar-refractivity contribution in [2.45, 2.75) is 19.4 Å². The molecule has 1 aliphatic rings. The Labute approximate surface area is 71.3 Å². The predicted molar refractivity (Wildman–Crippen MR) is 43.9 cm³/mol. The fourth-order valence-electron chi connectivity index (χ4n) is 0.991. The molecule has 0 atom stereocenters. The third kappa shape index (κ3) is 1.67. The quantitative estimate of drug-likeness (QED) is 0.628. The number of allylic oxidation sites excluding steroid dienone is 2. The zero-order valence-electron chi connectivity index (χ0n) is 6.81. The van der Waals surface area contributed by atoms with Crippen LogP contribution in [0.15, 0.2) is 23.3 Å². The van der Waals surface area contributed by atoms with Gasteiger partial charge in [-0.3, -0.25) is 4.55 Å². The Morgan fingerprint density at radius 2 is 2.08 bits per heavy atom. The van der Waals surface area contributed by atoms with Crippen molar-refractivity contribution in [2.24, 2.45) is 0 Å². The Hall–Kier alpha value is -0.810. The van der Waals surface area contributed by atoms with Crippen LogP contribution < -0.4 is 0 Å². The van der Waals surface area contributed by atoms with Gasteiger partial charge >= 0.3 is 0 Å². The van der Waals surface area contributed by atoms with E-state index < -0.39 is 15.7 Å². The van der Waals surface area contributed by atoms with E-state index in [-0.39, 0.29) is 4.91 Å². The molecule has 0 amide bonds. The number of ether oxygens (including phenoxy) is 1. The molecular weight excluding hydrogens is 180 g/mol. The Kier molecular flexibility index (Phi) is 2.01. The zero-order chi connectivity index (χ0) is 9.41. The average molecular weight is 190 g/mol. The van der Waals surface area contributed by atoms with Crippen LogP contribution in [0.5, 0.6) is 0 Å². The van der Waals surface area contributed by atoms with Gasteiger partial charge in [-0.05, 0) is 26.0 Å². The topological polar surface area (TPSA) is 63.6 Å². The molecule has 1 rings (SSSR count). The van der Waals surface area contributed by atoms with E-state index in [1.807, 2.05) is 0 Å². The first-order valence-corrected chi connectivity index (χ1v) is 4.81. The van der Waals surface area contributed by atoms with Crippen molar-refractivity contribution in [1.82, 2.24) is 0 Å². The SMILES string of the molecule is CC1(C)OC=CC=C1S(=O)(=O)O. The summed E-state index contributed by atoms with van der Waals surface area (Å²) in [6.07, 6.45) is 4.13. The molecule has 68 valence electrons. The molecule has 0 aliphatic carbocycles. The maximum absolute atomic E-state index is 10.8. The van der Waals surface area contributed by atoms with Crippen LogP contribution in [0.4, 0.5) is 0 Å². The van der Waals surface area contributed by atoms with Gasteiger partial charge in [-0.2, -0.15) is 8.42 Å². The molecule has 0 saturated heterocycles. The summed E-state index contributed by atoms with van der Waals surface area (Å²) in [6, 6.07) is 0. The van der Waals surface area contributed by atoms with Gasteiger partial charge < -0.3 is 4.74 Å². The lowest BCUT2D eigenvalue weighted by molar-refractivity contribution is 0.0956. The van der Waals surface area contributed by atoms with Crippen molar-refractivity contribution in [3.05, 3.63) is 23.3 Å². The number of hydrogen-bond acceptors (Lipinski definition) is 3. The van der Waals surface area contributed by atoms with Crippen molar-refractivity contribution < 1.29 is 17.7 Å². The summed E-state index contributed by atoms with van der Waals surface area (Å²) in [5.41, 5.74) is -0.984. The largest absolute Gasteiger partial charge is 0.490 e. The standard InChI is InChI=1S/C7H10O4S/c1-7(2)6(12(8,9)10)4-3-5-11-7/h3-5H,1-2H3,(H,8,9,10). The number of hydrogen-bond donors (Lipinski definition) is 1. The van der Waals surface area contributed by atoms with Crippen LogP contribution >= 0.6 is 0 Å². The first-order valence-electron chi connectivity index (χ1n) is 3.37. The minimum Gasteiger partial charge on any atom is -0.490 e. The van der Waals surface area contributed by atoms with E-state index >= 15 is 0 Å². The van der Waals surface area contributed by atoms with Crippen molar-refractivity contribution in [1.29, 1.82) is 0 Å². The lowest BCUT2D eigenvalue weighted by Crippen LogP contribution is -2.31. The molecule has 0 aromatic heterocycles. The second kappa shape index (κ2) is 2.60. The van der Waals surface area contributed by atoms with Crippen LogP contribution in [0.1, 0.15) is 13.8 Å². The minimum absolute atomic E-state index is 0.127. The van der Waals surface area contributed by atoms with Crippen LogP contribution in [0.2, 0.25) is 0 Å². The summed E-state index contributed by atoms with van der Waals surface area (Å²) in [4.78, 5) is -0.127. The highest BCUT2D eigenvalue weighted by molar-refractivity contribution is 7.89. The van der Waals surface area contributed by atoms with E-state index in [9.17, 15) is 8.42 Å². The molecule has 5 heteroatoms. The summed E-state index contributed by atoms with van der Waals surface area (Å²) in [7, 11) is -4.15. The first-order chi connectivity index (χ1) is 5.34. The average Bonchev–Trinajstić information content (AvgIpc) is 1.83. The van der Waals surface area contributed by atoms with E-state index in [2.05, 4.69) is 0 Å². The summed E-state index contributed by atoms with van der Waals surface area (Å²) in [5, 5.41) is 0. The first kappa shape index (κ1) is 9.28. The molecule has 1 heterocycles. The third-order valence-corrected chi connectivity index (χ3v) is 2.74. The molecule has 0 unspecified atom stereocenters. The maximum atomic E-state index is 10.8. The Balaban J connectivity index is 3.19.